The summed E-state index contributed by atoms with van der Waals surface area (Å²) < 4.78 is 5.35. The fraction of sp³-hybridized carbons (Fsp3) is 0.632. The van der Waals surface area contributed by atoms with Crippen molar-refractivity contribution in [2.75, 3.05) is 18.9 Å². The molecule has 0 amide bonds. The Morgan fingerprint density at radius 1 is 1.30 bits per heavy atom. The van der Waals surface area contributed by atoms with Gasteiger partial charge in [-0.1, -0.05) is 27.2 Å². The first-order valence-electron chi connectivity index (χ1n) is 8.75. The second kappa shape index (κ2) is 8.34. The molecule has 0 aromatic heterocycles. The SMILES string of the molecule is CC(C)[C@H]1CCC[C@@H](C)[C@H]1NCCOC(=O)c1ccc(N)cc1. The average Bonchev–Trinajstić information content (AvgIpc) is 2.52. The van der Waals surface area contributed by atoms with Crippen LogP contribution in [0.25, 0.3) is 0 Å². The van der Waals surface area contributed by atoms with Gasteiger partial charge in [0.05, 0.1) is 5.56 Å². The molecule has 1 saturated carbocycles. The number of esters is 1. The Bertz CT molecular complexity index is 499. The summed E-state index contributed by atoms with van der Waals surface area (Å²) in [6.45, 7) is 8.04. The van der Waals surface area contributed by atoms with Gasteiger partial charge in [0.25, 0.3) is 0 Å². The third-order valence-electron chi connectivity index (χ3n) is 4.99. The summed E-state index contributed by atoms with van der Waals surface area (Å²) >= 11 is 0. The van der Waals surface area contributed by atoms with Gasteiger partial charge in [0.2, 0.25) is 0 Å². The van der Waals surface area contributed by atoms with Crippen LogP contribution in [0.4, 0.5) is 5.69 Å². The van der Waals surface area contributed by atoms with E-state index in [4.69, 9.17) is 10.5 Å². The lowest BCUT2D eigenvalue weighted by atomic mass is 9.73. The number of nitrogens with one attached hydrogen (secondary N) is 1. The molecule has 0 unspecified atom stereocenters. The standard InChI is InChI=1S/C19H30N2O2/c1-13(2)17-6-4-5-14(3)18(17)21-11-12-23-19(22)15-7-9-16(20)10-8-15/h7-10,13-14,17-18,21H,4-6,11-12,20H2,1-3H3/t14-,17-,18-/m1/s1. The molecule has 1 aliphatic rings. The molecule has 128 valence electrons. The van der Waals surface area contributed by atoms with E-state index in [0.717, 1.165) is 0 Å². The van der Waals surface area contributed by atoms with Crippen molar-refractivity contribution in [1.29, 1.82) is 0 Å². The zero-order valence-corrected chi connectivity index (χ0v) is 14.5. The number of hydrogen-bond donors (Lipinski definition) is 2. The van der Waals surface area contributed by atoms with Crippen LogP contribution in [0.1, 0.15) is 50.4 Å². The summed E-state index contributed by atoms with van der Waals surface area (Å²) in [5, 5.41) is 3.62. The number of nitrogen functional groups attached to an aromatic ring is 1. The molecular weight excluding hydrogens is 288 g/mol. The molecule has 0 saturated heterocycles. The molecule has 2 rings (SSSR count). The Hall–Kier alpha value is -1.55. The van der Waals surface area contributed by atoms with Crippen LogP contribution in [0.5, 0.6) is 0 Å². The molecule has 0 bridgehead atoms. The Morgan fingerprint density at radius 3 is 2.65 bits per heavy atom. The van der Waals surface area contributed by atoms with Crippen LogP contribution >= 0.6 is 0 Å². The second-order valence-corrected chi connectivity index (χ2v) is 7.05. The van der Waals surface area contributed by atoms with Crippen LogP contribution in [0.3, 0.4) is 0 Å². The van der Waals surface area contributed by atoms with Crippen molar-refractivity contribution < 1.29 is 9.53 Å². The number of nitrogens with two attached hydrogens (primary N) is 1. The Labute approximate surface area is 139 Å². The molecule has 0 spiro atoms. The highest BCUT2D eigenvalue weighted by atomic mass is 16.5. The molecule has 23 heavy (non-hydrogen) atoms. The molecule has 1 aliphatic carbocycles. The Morgan fingerprint density at radius 2 is 2.00 bits per heavy atom. The molecule has 0 aliphatic heterocycles. The second-order valence-electron chi connectivity index (χ2n) is 7.05. The van der Waals surface area contributed by atoms with Crippen LogP contribution < -0.4 is 11.1 Å². The maximum Gasteiger partial charge on any atom is 0.338 e. The van der Waals surface area contributed by atoms with Crippen LogP contribution in [0.15, 0.2) is 24.3 Å². The van der Waals surface area contributed by atoms with Gasteiger partial charge in [-0.25, -0.2) is 4.79 Å². The maximum atomic E-state index is 12.0. The molecule has 1 aromatic carbocycles. The van der Waals surface area contributed by atoms with Crippen molar-refractivity contribution in [1.82, 2.24) is 5.32 Å². The van der Waals surface area contributed by atoms with Gasteiger partial charge in [0.1, 0.15) is 6.61 Å². The van der Waals surface area contributed by atoms with Crippen molar-refractivity contribution in [3.63, 3.8) is 0 Å². The molecule has 0 radical (unpaired) electrons. The molecule has 3 N–H and O–H groups in total. The minimum atomic E-state index is -0.288. The van der Waals surface area contributed by atoms with Gasteiger partial charge in [-0.2, -0.15) is 0 Å². The third-order valence-corrected chi connectivity index (χ3v) is 4.99. The van der Waals surface area contributed by atoms with Gasteiger partial charge < -0.3 is 15.8 Å². The topological polar surface area (TPSA) is 64.3 Å². The van der Waals surface area contributed by atoms with Crippen molar-refractivity contribution >= 4 is 11.7 Å². The minimum absolute atomic E-state index is 0.288. The quantitative estimate of drug-likeness (QED) is 0.479. The number of carbonyl (C=O) groups is 1. The van der Waals surface area contributed by atoms with Crippen molar-refractivity contribution in [3.05, 3.63) is 29.8 Å². The first-order chi connectivity index (χ1) is 11.0. The first kappa shape index (κ1) is 17.8. The van der Waals surface area contributed by atoms with Crippen molar-refractivity contribution in [3.8, 4) is 0 Å². The normalized spacial score (nSPS) is 24.6. The third kappa shape index (κ3) is 4.96. The summed E-state index contributed by atoms with van der Waals surface area (Å²) in [7, 11) is 0. The lowest BCUT2D eigenvalue weighted by Gasteiger charge is -2.39. The minimum Gasteiger partial charge on any atom is -0.461 e. The summed E-state index contributed by atoms with van der Waals surface area (Å²) in [6, 6.07) is 7.35. The predicted octanol–water partition coefficient (Wildman–Crippen LogP) is 3.48. The highest BCUT2D eigenvalue weighted by Crippen LogP contribution is 2.33. The van der Waals surface area contributed by atoms with E-state index in [2.05, 4.69) is 26.1 Å². The number of hydrogen-bond acceptors (Lipinski definition) is 4. The summed E-state index contributed by atoms with van der Waals surface area (Å²) in [5.41, 5.74) is 6.81. The van der Waals surface area contributed by atoms with E-state index in [9.17, 15) is 4.79 Å². The number of ether oxygens (including phenoxy) is 1. The zero-order chi connectivity index (χ0) is 16.8. The largest absolute Gasteiger partial charge is 0.461 e. The van der Waals surface area contributed by atoms with Crippen LogP contribution in [-0.4, -0.2) is 25.2 Å². The van der Waals surface area contributed by atoms with Gasteiger partial charge in [-0.15, -0.1) is 0 Å². The summed E-state index contributed by atoms with van der Waals surface area (Å²) in [5.74, 6) is 1.80. The van der Waals surface area contributed by atoms with Gasteiger partial charge in [-0.05, 0) is 54.9 Å². The van der Waals surface area contributed by atoms with Crippen LogP contribution in [-0.2, 0) is 4.74 Å². The smallest absolute Gasteiger partial charge is 0.338 e. The fourth-order valence-corrected chi connectivity index (χ4v) is 3.63. The molecule has 1 fully saturated rings. The van der Waals surface area contributed by atoms with E-state index in [1.807, 2.05) is 0 Å². The summed E-state index contributed by atoms with van der Waals surface area (Å²) in [6.07, 6.45) is 3.91. The zero-order valence-electron chi connectivity index (χ0n) is 14.5. The van der Waals surface area contributed by atoms with E-state index in [1.165, 1.54) is 19.3 Å². The molecule has 4 nitrogen and oxygen atoms in total. The van der Waals surface area contributed by atoms with Crippen molar-refractivity contribution in [2.45, 2.75) is 46.1 Å². The predicted molar refractivity (Wildman–Crippen MR) is 94.3 cm³/mol. The van der Waals surface area contributed by atoms with E-state index < -0.39 is 0 Å². The average molecular weight is 318 g/mol. The highest BCUT2D eigenvalue weighted by molar-refractivity contribution is 5.89. The maximum absolute atomic E-state index is 12.0. The first-order valence-corrected chi connectivity index (χ1v) is 8.75. The van der Waals surface area contributed by atoms with Crippen molar-refractivity contribution in [2.24, 2.45) is 17.8 Å². The molecule has 3 atom stereocenters. The monoisotopic (exact) mass is 318 g/mol. The highest BCUT2D eigenvalue weighted by Gasteiger charge is 2.31. The number of anilines is 1. The lowest BCUT2D eigenvalue weighted by Crippen LogP contribution is -2.46. The Kier molecular flexibility index (Phi) is 6.46. The molecule has 0 heterocycles. The van der Waals surface area contributed by atoms with E-state index >= 15 is 0 Å². The van der Waals surface area contributed by atoms with E-state index in [0.29, 0.717) is 48.2 Å². The summed E-state index contributed by atoms with van der Waals surface area (Å²) in [4.78, 5) is 12.0. The van der Waals surface area contributed by atoms with E-state index in [1.54, 1.807) is 24.3 Å². The van der Waals surface area contributed by atoms with Gasteiger partial charge in [0, 0.05) is 18.3 Å². The van der Waals surface area contributed by atoms with Crippen LogP contribution in [0, 0.1) is 17.8 Å². The Balaban J connectivity index is 1.77. The number of benzene rings is 1. The van der Waals surface area contributed by atoms with Gasteiger partial charge in [0.15, 0.2) is 0 Å². The van der Waals surface area contributed by atoms with Gasteiger partial charge in [-0.3, -0.25) is 0 Å². The lowest BCUT2D eigenvalue weighted by molar-refractivity contribution is 0.0492. The molecular formula is C19H30N2O2. The number of rotatable bonds is 6. The number of carbonyl (C=O) groups excluding carboxylic acids is 1. The fourth-order valence-electron chi connectivity index (χ4n) is 3.63. The molecule has 4 heteroatoms. The van der Waals surface area contributed by atoms with Gasteiger partial charge >= 0.3 is 5.97 Å². The van der Waals surface area contributed by atoms with E-state index in [-0.39, 0.29) is 5.97 Å². The molecule has 1 aromatic rings. The van der Waals surface area contributed by atoms with Crippen LogP contribution in [0.2, 0.25) is 0 Å².